The molecule has 1 saturated heterocycles. The molecule has 1 aliphatic heterocycles. The van der Waals surface area contributed by atoms with Crippen LogP contribution in [0.15, 0.2) is 11.6 Å². The van der Waals surface area contributed by atoms with Crippen molar-refractivity contribution in [3.8, 4) is 0 Å². The third kappa shape index (κ3) is 3.79. The topological polar surface area (TPSA) is 47.6 Å². The molecule has 0 aromatic carbocycles. The fourth-order valence-corrected chi connectivity index (χ4v) is 4.53. The molecular weight excluding hydrogens is 302 g/mol. The number of hydrogen-bond donors (Lipinski definition) is 1. The summed E-state index contributed by atoms with van der Waals surface area (Å²) in [7, 11) is 0. The van der Waals surface area contributed by atoms with Crippen LogP contribution in [0.2, 0.25) is 0 Å². The van der Waals surface area contributed by atoms with Gasteiger partial charge in [0.15, 0.2) is 0 Å². The number of carbonyl (C=O) groups excluding carboxylic acids is 1. The maximum absolute atomic E-state index is 11.9. The minimum Gasteiger partial charge on any atom is -0.449 e. The van der Waals surface area contributed by atoms with Crippen molar-refractivity contribution in [1.29, 1.82) is 0 Å². The monoisotopic (exact) mass is 337 g/mol. The molecule has 1 N–H and O–H groups in total. The predicted octanol–water partition coefficient (Wildman–Crippen LogP) is 4.54. The van der Waals surface area contributed by atoms with Crippen LogP contribution >= 0.6 is 0 Å². The van der Waals surface area contributed by atoms with Crippen LogP contribution in [0, 0.1) is 23.2 Å². The normalized spacial score (nSPS) is 35.5. The molecule has 2 bridgehead atoms. The Bertz CT molecular complexity index is 474. The zero-order valence-electron chi connectivity index (χ0n) is 16.2. The summed E-state index contributed by atoms with van der Waals surface area (Å²) in [5.74, 6) is 1.25. The summed E-state index contributed by atoms with van der Waals surface area (Å²) in [5, 5.41) is 2.81. The van der Waals surface area contributed by atoms with Gasteiger partial charge in [-0.3, -0.25) is 0 Å². The van der Waals surface area contributed by atoms with Crippen molar-refractivity contribution < 1.29 is 14.3 Å². The molecule has 0 unspecified atom stereocenters. The second-order valence-electron chi connectivity index (χ2n) is 8.11. The number of unbranched alkanes of at least 4 members (excludes halogenated alkanes) is 1. The molecule has 5 atom stereocenters. The highest BCUT2D eigenvalue weighted by Crippen LogP contribution is 2.53. The lowest BCUT2D eigenvalue weighted by Crippen LogP contribution is -2.57. The molecule has 4 heteroatoms. The number of rotatable bonds is 6. The molecule has 0 saturated carbocycles. The molecule has 0 radical (unpaired) electrons. The summed E-state index contributed by atoms with van der Waals surface area (Å²) < 4.78 is 11.9. The molecule has 2 rings (SSSR count). The van der Waals surface area contributed by atoms with E-state index in [1.54, 1.807) is 0 Å². The third-order valence-electron chi connectivity index (χ3n) is 6.08. The van der Waals surface area contributed by atoms with Crippen LogP contribution in [0.4, 0.5) is 4.79 Å². The molecule has 0 aromatic rings. The van der Waals surface area contributed by atoms with Gasteiger partial charge in [0.25, 0.3) is 0 Å². The molecule has 1 fully saturated rings. The Kier molecular flexibility index (Phi) is 6.35. The SMILES string of the molecule is CCCC[C@@H]1OC[C@@]2(COC(=O)NC(C)C)[C@H](C)C=C(C)[C@H]1[C@H]2C. The van der Waals surface area contributed by atoms with Crippen molar-refractivity contribution in [3.63, 3.8) is 0 Å². The molecule has 138 valence electrons. The van der Waals surface area contributed by atoms with Gasteiger partial charge in [-0.25, -0.2) is 4.79 Å². The van der Waals surface area contributed by atoms with Crippen molar-refractivity contribution in [3.05, 3.63) is 11.6 Å². The van der Waals surface area contributed by atoms with E-state index < -0.39 is 0 Å². The van der Waals surface area contributed by atoms with Crippen LogP contribution in [0.25, 0.3) is 0 Å². The summed E-state index contributed by atoms with van der Waals surface area (Å²) in [5.41, 5.74) is 1.33. The standard InChI is InChI=1S/C20H35NO3/c1-7-8-9-17-18-14(4)10-15(5)20(11-23-17,16(18)6)12-24-19(22)21-13(2)3/h10,13,15-18H,7-9,11-12H2,1-6H3,(H,21,22)/t15-,16-,17+,18+,20-/m1/s1. The lowest BCUT2D eigenvalue weighted by Gasteiger charge is -2.55. The number of allylic oxidation sites excluding steroid dienone is 1. The van der Waals surface area contributed by atoms with E-state index in [4.69, 9.17) is 9.47 Å². The summed E-state index contributed by atoms with van der Waals surface area (Å²) in [6, 6.07) is 0.0899. The zero-order valence-corrected chi connectivity index (χ0v) is 16.2. The van der Waals surface area contributed by atoms with Crippen LogP contribution in [-0.2, 0) is 9.47 Å². The van der Waals surface area contributed by atoms with Crippen molar-refractivity contribution in [2.45, 2.75) is 73.0 Å². The van der Waals surface area contributed by atoms with Gasteiger partial charge in [-0.05, 0) is 39.0 Å². The molecule has 1 amide bonds. The number of nitrogens with one attached hydrogen (secondary N) is 1. The first-order valence-corrected chi connectivity index (χ1v) is 9.55. The van der Waals surface area contributed by atoms with Crippen LogP contribution in [0.1, 0.15) is 60.8 Å². The highest BCUT2D eigenvalue weighted by atomic mass is 16.6. The average molecular weight is 338 g/mol. The molecule has 24 heavy (non-hydrogen) atoms. The van der Waals surface area contributed by atoms with Gasteiger partial charge < -0.3 is 14.8 Å². The van der Waals surface area contributed by atoms with Crippen molar-refractivity contribution >= 4 is 6.09 Å². The van der Waals surface area contributed by atoms with E-state index in [-0.39, 0.29) is 17.6 Å². The van der Waals surface area contributed by atoms with Crippen LogP contribution in [-0.4, -0.2) is 31.5 Å². The molecule has 1 aliphatic carbocycles. The van der Waals surface area contributed by atoms with E-state index >= 15 is 0 Å². The minimum absolute atomic E-state index is 0.0899. The van der Waals surface area contributed by atoms with E-state index in [1.807, 2.05) is 13.8 Å². The average Bonchev–Trinajstić information content (AvgIpc) is 2.49. The van der Waals surface area contributed by atoms with E-state index in [0.29, 0.717) is 37.1 Å². The Hall–Kier alpha value is -1.03. The maximum atomic E-state index is 11.9. The molecule has 1 heterocycles. The number of alkyl carbamates (subject to hydrolysis) is 1. The largest absolute Gasteiger partial charge is 0.449 e. The minimum atomic E-state index is -0.324. The Morgan fingerprint density at radius 1 is 1.46 bits per heavy atom. The molecular formula is C20H35NO3. The second-order valence-corrected chi connectivity index (χ2v) is 8.11. The maximum Gasteiger partial charge on any atom is 0.407 e. The Morgan fingerprint density at radius 3 is 2.79 bits per heavy atom. The van der Waals surface area contributed by atoms with Gasteiger partial charge in [0.1, 0.15) is 6.61 Å². The quantitative estimate of drug-likeness (QED) is 0.724. The van der Waals surface area contributed by atoms with Gasteiger partial charge in [-0.15, -0.1) is 0 Å². The number of carbonyl (C=O) groups is 1. The summed E-state index contributed by atoms with van der Waals surface area (Å²) in [4.78, 5) is 11.9. The first-order valence-electron chi connectivity index (χ1n) is 9.55. The van der Waals surface area contributed by atoms with Crippen LogP contribution in [0.3, 0.4) is 0 Å². The highest BCUT2D eigenvalue weighted by Gasteiger charge is 2.53. The molecule has 4 nitrogen and oxygen atoms in total. The summed E-state index contributed by atoms with van der Waals surface area (Å²) in [6.07, 6.45) is 5.89. The van der Waals surface area contributed by atoms with Gasteiger partial charge in [0.05, 0.1) is 12.7 Å². The third-order valence-corrected chi connectivity index (χ3v) is 6.08. The van der Waals surface area contributed by atoms with Gasteiger partial charge in [0, 0.05) is 17.4 Å². The fourth-order valence-electron chi connectivity index (χ4n) is 4.53. The summed E-state index contributed by atoms with van der Waals surface area (Å²) >= 11 is 0. The zero-order chi connectivity index (χ0) is 17.9. The Morgan fingerprint density at radius 2 is 2.17 bits per heavy atom. The van der Waals surface area contributed by atoms with E-state index in [2.05, 4.69) is 39.1 Å². The highest BCUT2D eigenvalue weighted by molar-refractivity contribution is 5.67. The Balaban J connectivity index is 2.13. The smallest absolute Gasteiger partial charge is 0.407 e. The fraction of sp³-hybridized carbons (Fsp3) is 0.850. The lowest BCUT2D eigenvalue weighted by molar-refractivity contribution is -0.165. The van der Waals surface area contributed by atoms with Crippen LogP contribution < -0.4 is 5.32 Å². The predicted molar refractivity (Wildman–Crippen MR) is 96.9 cm³/mol. The molecule has 0 spiro atoms. The van der Waals surface area contributed by atoms with Gasteiger partial charge in [-0.2, -0.15) is 0 Å². The first kappa shape index (κ1) is 19.3. The van der Waals surface area contributed by atoms with E-state index in [9.17, 15) is 4.79 Å². The summed E-state index contributed by atoms with van der Waals surface area (Å²) in [6.45, 7) is 14.0. The van der Waals surface area contributed by atoms with Gasteiger partial charge in [0.2, 0.25) is 0 Å². The van der Waals surface area contributed by atoms with Crippen molar-refractivity contribution in [1.82, 2.24) is 5.32 Å². The van der Waals surface area contributed by atoms with Crippen molar-refractivity contribution in [2.75, 3.05) is 13.2 Å². The van der Waals surface area contributed by atoms with E-state index in [1.165, 1.54) is 18.4 Å². The van der Waals surface area contributed by atoms with Crippen LogP contribution in [0.5, 0.6) is 0 Å². The second kappa shape index (κ2) is 7.90. The molecule has 2 aliphatic rings. The van der Waals surface area contributed by atoms with Gasteiger partial charge in [-0.1, -0.05) is 45.3 Å². The Labute approximate surface area is 147 Å². The number of ether oxygens (including phenoxy) is 2. The molecule has 0 aromatic heterocycles. The first-order chi connectivity index (χ1) is 11.3. The lowest BCUT2D eigenvalue weighted by atomic mass is 9.56. The van der Waals surface area contributed by atoms with E-state index in [0.717, 1.165) is 6.42 Å². The van der Waals surface area contributed by atoms with Gasteiger partial charge >= 0.3 is 6.09 Å². The van der Waals surface area contributed by atoms with Crippen molar-refractivity contribution in [2.24, 2.45) is 23.2 Å². The number of fused-ring (bicyclic) bond motifs is 2. The number of amides is 1. The number of hydrogen-bond acceptors (Lipinski definition) is 3.